The van der Waals surface area contributed by atoms with Crippen LogP contribution in [0.15, 0.2) is 0 Å². The van der Waals surface area contributed by atoms with Crippen molar-refractivity contribution in [2.75, 3.05) is 26.3 Å². The van der Waals surface area contributed by atoms with E-state index in [1.165, 1.54) is 38.5 Å². The molecule has 0 aromatic heterocycles. The topological polar surface area (TPSA) is 30.5 Å². The van der Waals surface area contributed by atoms with Gasteiger partial charge in [0.25, 0.3) is 0 Å². The first kappa shape index (κ1) is 11.9. The fourth-order valence-corrected chi connectivity index (χ4v) is 3.51. The van der Waals surface area contributed by atoms with Crippen LogP contribution in [0.2, 0.25) is 0 Å². The van der Waals surface area contributed by atoms with Crippen molar-refractivity contribution in [3.05, 3.63) is 0 Å². The van der Waals surface area contributed by atoms with Crippen LogP contribution in [-0.2, 0) is 9.47 Å². The molecular weight excluding hydrogens is 214 g/mol. The van der Waals surface area contributed by atoms with Gasteiger partial charge in [0, 0.05) is 18.5 Å². The van der Waals surface area contributed by atoms with Crippen molar-refractivity contribution in [2.45, 2.75) is 57.2 Å². The summed E-state index contributed by atoms with van der Waals surface area (Å²) in [5.74, 6) is 0. The van der Waals surface area contributed by atoms with Gasteiger partial charge in [-0.25, -0.2) is 0 Å². The van der Waals surface area contributed by atoms with Crippen molar-refractivity contribution in [1.29, 1.82) is 0 Å². The maximum absolute atomic E-state index is 6.28. The highest BCUT2D eigenvalue weighted by atomic mass is 16.5. The third-order valence-electron chi connectivity index (χ3n) is 4.68. The molecule has 0 radical (unpaired) electrons. The first-order valence-corrected chi connectivity index (χ1v) is 7.16. The van der Waals surface area contributed by atoms with Gasteiger partial charge in [0.05, 0.1) is 24.9 Å². The van der Waals surface area contributed by atoms with E-state index < -0.39 is 0 Å². The summed E-state index contributed by atoms with van der Waals surface area (Å²) >= 11 is 0. The summed E-state index contributed by atoms with van der Waals surface area (Å²) in [6, 6.07) is 0. The number of rotatable bonds is 4. The van der Waals surface area contributed by atoms with Gasteiger partial charge in [0.2, 0.25) is 0 Å². The molecule has 3 rings (SSSR count). The van der Waals surface area contributed by atoms with E-state index in [0.29, 0.717) is 11.5 Å². The molecule has 98 valence electrons. The molecule has 3 fully saturated rings. The number of nitrogens with one attached hydrogen (secondary N) is 1. The van der Waals surface area contributed by atoms with Crippen LogP contribution in [0, 0.1) is 5.41 Å². The smallest absolute Gasteiger partial charge is 0.0708 e. The second-order valence-corrected chi connectivity index (χ2v) is 6.60. The zero-order valence-corrected chi connectivity index (χ0v) is 11.0. The SMILES string of the molecule is CC1(CNCC2CCC3(CCCC3)O2)COC1. The average Bonchev–Trinajstić information content (AvgIpc) is 2.88. The molecular formula is C14H25NO2. The Labute approximate surface area is 104 Å². The van der Waals surface area contributed by atoms with Gasteiger partial charge in [0.1, 0.15) is 0 Å². The Kier molecular flexibility index (Phi) is 3.18. The Morgan fingerprint density at radius 1 is 1.18 bits per heavy atom. The summed E-state index contributed by atoms with van der Waals surface area (Å²) in [5.41, 5.74) is 0.666. The zero-order valence-electron chi connectivity index (χ0n) is 11.0. The molecule has 0 amide bonds. The van der Waals surface area contributed by atoms with Crippen molar-refractivity contribution in [2.24, 2.45) is 5.41 Å². The molecule has 3 nitrogen and oxygen atoms in total. The minimum Gasteiger partial charge on any atom is -0.380 e. The Morgan fingerprint density at radius 2 is 1.94 bits per heavy atom. The maximum Gasteiger partial charge on any atom is 0.0708 e. The van der Waals surface area contributed by atoms with Gasteiger partial charge in [0.15, 0.2) is 0 Å². The fraction of sp³-hybridized carbons (Fsp3) is 1.00. The highest BCUT2D eigenvalue weighted by molar-refractivity contribution is 4.93. The van der Waals surface area contributed by atoms with Crippen LogP contribution in [0.1, 0.15) is 45.4 Å². The van der Waals surface area contributed by atoms with Crippen LogP contribution in [0.5, 0.6) is 0 Å². The largest absolute Gasteiger partial charge is 0.380 e. The summed E-state index contributed by atoms with van der Waals surface area (Å²) in [6.07, 6.45) is 8.34. The molecule has 2 saturated heterocycles. The van der Waals surface area contributed by atoms with Gasteiger partial charge < -0.3 is 14.8 Å². The molecule has 2 aliphatic heterocycles. The third-order valence-corrected chi connectivity index (χ3v) is 4.68. The quantitative estimate of drug-likeness (QED) is 0.815. The number of hydrogen-bond acceptors (Lipinski definition) is 3. The van der Waals surface area contributed by atoms with Crippen LogP contribution < -0.4 is 5.32 Å². The zero-order chi connectivity index (χ0) is 11.8. The summed E-state index contributed by atoms with van der Waals surface area (Å²) < 4.78 is 11.5. The van der Waals surface area contributed by atoms with Gasteiger partial charge in [-0.05, 0) is 25.7 Å². The van der Waals surface area contributed by atoms with E-state index in [1.54, 1.807) is 0 Å². The van der Waals surface area contributed by atoms with Crippen molar-refractivity contribution in [3.63, 3.8) is 0 Å². The van der Waals surface area contributed by atoms with Crippen molar-refractivity contribution < 1.29 is 9.47 Å². The lowest BCUT2D eigenvalue weighted by atomic mass is 9.89. The predicted octanol–water partition coefficient (Wildman–Crippen LogP) is 2.10. The molecule has 1 saturated carbocycles. The summed E-state index contributed by atoms with van der Waals surface area (Å²) in [6.45, 7) is 6.21. The van der Waals surface area contributed by atoms with Crippen LogP contribution in [0.4, 0.5) is 0 Å². The van der Waals surface area contributed by atoms with Gasteiger partial charge in [-0.2, -0.15) is 0 Å². The molecule has 0 bridgehead atoms. The van der Waals surface area contributed by atoms with E-state index in [-0.39, 0.29) is 5.60 Å². The van der Waals surface area contributed by atoms with Crippen LogP contribution in [0.3, 0.4) is 0 Å². The normalized spacial score (nSPS) is 34.1. The molecule has 2 heterocycles. The van der Waals surface area contributed by atoms with E-state index in [1.807, 2.05) is 0 Å². The molecule has 0 aromatic rings. The van der Waals surface area contributed by atoms with Gasteiger partial charge in [-0.3, -0.25) is 0 Å². The lowest BCUT2D eigenvalue weighted by molar-refractivity contribution is -0.101. The molecule has 3 aliphatic rings. The molecule has 1 unspecified atom stereocenters. The monoisotopic (exact) mass is 239 g/mol. The van der Waals surface area contributed by atoms with E-state index in [4.69, 9.17) is 9.47 Å². The van der Waals surface area contributed by atoms with Gasteiger partial charge in [-0.1, -0.05) is 19.8 Å². The van der Waals surface area contributed by atoms with Gasteiger partial charge >= 0.3 is 0 Å². The highest BCUT2D eigenvalue weighted by Gasteiger charge is 2.42. The molecule has 1 aliphatic carbocycles. The van der Waals surface area contributed by atoms with E-state index in [9.17, 15) is 0 Å². The maximum atomic E-state index is 6.28. The Morgan fingerprint density at radius 3 is 2.59 bits per heavy atom. The number of ether oxygens (including phenoxy) is 2. The third kappa shape index (κ3) is 2.51. The van der Waals surface area contributed by atoms with Crippen LogP contribution >= 0.6 is 0 Å². The van der Waals surface area contributed by atoms with Crippen molar-refractivity contribution in [1.82, 2.24) is 5.32 Å². The first-order chi connectivity index (χ1) is 8.20. The fourth-order valence-electron chi connectivity index (χ4n) is 3.51. The lowest BCUT2D eigenvalue weighted by Gasteiger charge is -2.38. The van der Waals surface area contributed by atoms with E-state index in [0.717, 1.165) is 26.3 Å². The average molecular weight is 239 g/mol. The molecule has 1 N–H and O–H groups in total. The second-order valence-electron chi connectivity index (χ2n) is 6.60. The minimum atomic E-state index is 0.288. The molecule has 1 spiro atoms. The van der Waals surface area contributed by atoms with Gasteiger partial charge in [-0.15, -0.1) is 0 Å². The molecule has 17 heavy (non-hydrogen) atoms. The molecule has 1 atom stereocenters. The van der Waals surface area contributed by atoms with Crippen LogP contribution in [-0.4, -0.2) is 38.0 Å². The summed E-state index contributed by atoms with van der Waals surface area (Å²) in [4.78, 5) is 0. The molecule has 3 heteroatoms. The van der Waals surface area contributed by atoms with E-state index >= 15 is 0 Å². The number of hydrogen-bond donors (Lipinski definition) is 1. The van der Waals surface area contributed by atoms with Crippen LogP contribution in [0.25, 0.3) is 0 Å². The summed E-state index contributed by atoms with van der Waals surface area (Å²) in [7, 11) is 0. The highest BCUT2D eigenvalue weighted by Crippen LogP contribution is 2.43. The van der Waals surface area contributed by atoms with E-state index in [2.05, 4.69) is 12.2 Å². The Bertz CT molecular complexity index is 269. The standard InChI is InChI=1S/C14H25NO2/c1-13(10-16-11-13)9-15-8-12-4-7-14(17-12)5-2-3-6-14/h12,15H,2-11H2,1H3. The lowest BCUT2D eigenvalue weighted by Crippen LogP contribution is -2.48. The predicted molar refractivity (Wildman–Crippen MR) is 67.1 cm³/mol. The minimum absolute atomic E-state index is 0.288. The first-order valence-electron chi connectivity index (χ1n) is 7.16. The Balaban J connectivity index is 1.39. The molecule has 0 aromatic carbocycles. The second kappa shape index (κ2) is 4.52. The van der Waals surface area contributed by atoms with Crippen molar-refractivity contribution in [3.8, 4) is 0 Å². The Hall–Kier alpha value is -0.120. The summed E-state index contributed by atoms with van der Waals surface area (Å²) in [5, 5.41) is 3.57. The van der Waals surface area contributed by atoms with Crippen molar-refractivity contribution >= 4 is 0 Å².